The van der Waals surface area contributed by atoms with Crippen LogP contribution in [-0.4, -0.2) is 24.5 Å². The maximum Gasteiger partial charge on any atom is 0.335 e. The Morgan fingerprint density at radius 3 is 2.75 bits per heavy atom. The van der Waals surface area contributed by atoms with Crippen molar-refractivity contribution in [3.63, 3.8) is 0 Å². The maximum absolute atomic E-state index is 10.8. The third-order valence-corrected chi connectivity index (χ3v) is 1.95. The number of methoxy groups -OCH3 is 1. The van der Waals surface area contributed by atoms with E-state index in [-0.39, 0.29) is 5.56 Å². The van der Waals surface area contributed by atoms with E-state index in [2.05, 4.69) is 0 Å². The predicted octanol–water partition coefficient (Wildman–Crippen LogP) is 2.00. The number of aldehydes is 1. The highest BCUT2D eigenvalue weighted by atomic mass is 16.5. The summed E-state index contributed by atoms with van der Waals surface area (Å²) in [7, 11) is 1.47. The maximum atomic E-state index is 10.8. The number of hydrogen-bond acceptors (Lipinski definition) is 3. The third-order valence-electron chi connectivity index (χ3n) is 1.95. The zero-order valence-corrected chi connectivity index (χ0v) is 8.84. The first kappa shape index (κ1) is 12.0. The van der Waals surface area contributed by atoms with Gasteiger partial charge in [-0.25, -0.2) is 4.79 Å². The zero-order chi connectivity index (χ0) is 12.0. The van der Waals surface area contributed by atoms with Crippen LogP contribution in [0.4, 0.5) is 0 Å². The molecular formula is C12H12O4. The summed E-state index contributed by atoms with van der Waals surface area (Å²) >= 11 is 0. The Kier molecular flexibility index (Phi) is 4.27. The van der Waals surface area contributed by atoms with Crippen molar-refractivity contribution in [3.05, 3.63) is 35.4 Å². The van der Waals surface area contributed by atoms with Gasteiger partial charge in [-0.2, -0.15) is 0 Å². The lowest BCUT2D eigenvalue weighted by Crippen LogP contribution is -1.97. The summed E-state index contributed by atoms with van der Waals surface area (Å²) in [4.78, 5) is 20.9. The van der Waals surface area contributed by atoms with Crippen LogP contribution >= 0.6 is 0 Å². The molecule has 4 heteroatoms. The minimum atomic E-state index is -1.01. The van der Waals surface area contributed by atoms with Gasteiger partial charge in [-0.15, -0.1) is 0 Å². The molecule has 4 nitrogen and oxygen atoms in total. The lowest BCUT2D eigenvalue weighted by molar-refractivity contribution is -0.107. The van der Waals surface area contributed by atoms with Gasteiger partial charge in [0, 0.05) is 6.42 Å². The van der Waals surface area contributed by atoms with Crippen molar-refractivity contribution in [3.8, 4) is 5.75 Å². The van der Waals surface area contributed by atoms with E-state index in [1.54, 1.807) is 18.2 Å². The monoisotopic (exact) mass is 220 g/mol. The van der Waals surface area contributed by atoms with Crippen molar-refractivity contribution in [2.75, 3.05) is 7.11 Å². The van der Waals surface area contributed by atoms with Crippen LogP contribution < -0.4 is 4.74 Å². The molecular weight excluding hydrogens is 208 g/mol. The lowest BCUT2D eigenvalue weighted by atomic mass is 10.1. The van der Waals surface area contributed by atoms with E-state index in [0.717, 1.165) is 6.29 Å². The summed E-state index contributed by atoms with van der Waals surface area (Å²) in [6, 6.07) is 4.67. The number of carboxylic acid groups (broad SMARTS) is 1. The molecule has 1 aromatic carbocycles. The van der Waals surface area contributed by atoms with Crippen LogP contribution in [0, 0.1) is 0 Å². The number of allylic oxidation sites excluding steroid dienone is 1. The Morgan fingerprint density at radius 2 is 2.19 bits per heavy atom. The average molecular weight is 220 g/mol. The van der Waals surface area contributed by atoms with Gasteiger partial charge in [0.1, 0.15) is 12.0 Å². The molecule has 0 aliphatic carbocycles. The highest BCUT2D eigenvalue weighted by Gasteiger charge is 2.05. The molecule has 0 aromatic heterocycles. The summed E-state index contributed by atoms with van der Waals surface area (Å²) in [6.45, 7) is 0. The molecule has 0 saturated carbocycles. The fraction of sp³-hybridized carbons (Fsp3) is 0.167. The SMILES string of the molecule is COc1cc(C=CCC=O)cc(C(=O)O)c1. The van der Waals surface area contributed by atoms with Crippen molar-refractivity contribution in [2.45, 2.75) is 6.42 Å². The van der Waals surface area contributed by atoms with E-state index in [0.29, 0.717) is 17.7 Å². The van der Waals surface area contributed by atoms with Crippen molar-refractivity contribution >= 4 is 18.3 Å². The van der Waals surface area contributed by atoms with Gasteiger partial charge in [0.2, 0.25) is 0 Å². The molecule has 1 rings (SSSR count). The van der Waals surface area contributed by atoms with E-state index >= 15 is 0 Å². The van der Waals surface area contributed by atoms with Gasteiger partial charge < -0.3 is 14.6 Å². The van der Waals surface area contributed by atoms with E-state index in [9.17, 15) is 9.59 Å². The smallest absolute Gasteiger partial charge is 0.335 e. The van der Waals surface area contributed by atoms with Crippen LogP contribution in [0.3, 0.4) is 0 Å². The van der Waals surface area contributed by atoms with Crippen LogP contribution in [-0.2, 0) is 4.79 Å². The highest BCUT2D eigenvalue weighted by molar-refractivity contribution is 5.89. The van der Waals surface area contributed by atoms with Gasteiger partial charge in [-0.3, -0.25) is 0 Å². The molecule has 0 atom stereocenters. The molecule has 16 heavy (non-hydrogen) atoms. The second-order valence-corrected chi connectivity index (χ2v) is 3.10. The molecule has 1 N–H and O–H groups in total. The second kappa shape index (κ2) is 5.70. The Morgan fingerprint density at radius 1 is 1.44 bits per heavy atom. The highest BCUT2D eigenvalue weighted by Crippen LogP contribution is 2.18. The topological polar surface area (TPSA) is 63.6 Å². The molecule has 0 heterocycles. The van der Waals surface area contributed by atoms with Crippen molar-refractivity contribution in [1.29, 1.82) is 0 Å². The number of hydrogen-bond donors (Lipinski definition) is 1. The molecule has 0 amide bonds. The van der Waals surface area contributed by atoms with E-state index in [4.69, 9.17) is 9.84 Å². The summed E-state index contributed by atoms with van der Waals surface area (Å²) in [6.07, 6.45) is 4.42. The number of carbonyl (C=O) groups excluding carboxylic acids is 1. The predicted molar refractivity (Wildman–Crippen MR) is 59.7 cm³/mol. The van der Waals surface area contributed by atoms with Gasteiger partial charge in [0.25, 0.3) is 0 Å². The van der Waals surface area contributed by atoms with Crippen LogP contribution in [0.5, 0.6) is 5.75 Å². The number of carbonyl (C=O) groups is 2. The number of rotatable bonds is 5. The molecule has 1 aromatic rings. The fourth-order valence-electron chi connectivity index (χ4n) is 1.22. The molecule has 0 fully saturated rings. The number of benzene rings is 1. The average Bonchev–Trinajstić information content (AvgIpc) is 2.29. The number of carboxylic acids is 1. The van der Waals surface area contributed by atoms with Crippen molar-refractivity contribution < 1.29 is 19.4 Å². The molecule has 0 radical (unpaired) electrons. The first-order chi connectivity index (χ1) is 7.67. The van der Waals surface area contributed by atoms with Crippen LogP contribution in [0.2, 0.25) is 0 Å². The van der Waals surface area contributed by atoms with Gasteiger partial charge in [-0.1, -0.05) is 12.2 Å². The first-order valence-corrected chi connectivity index (χ1v) is 4.70. The van der Waals surface area contributed by atoms with Crippen LogP contribution in [0.15, 0.2) is 24.3 Å². The van der Waals surface area contributed by atoms with Gasteiger partial charge in [0.15, 0.2) is 0 Å². The number of aromatic carboxylic acids is 1. The molecule has 0 bridgehead atoms. The normalized spacial score (nSPS) is 10.3. The van der Waals surface area contributed by atoms with Gasteiger partial charge in [0.05, 0.1) is 12.7 Å². The summed E-state index contributed by atoms with van der Waals surface area (Å²) in [5.41, 5.74) is 0.851. The van der Waals surface area contributed by atoms with Crippen LogP contribution in [0.1, 0.15) is 22.3 Å². The van der Waals surface area contributed by atoms with Crippen molar-refractivity contribution in [2.24, 2.45) is 0 Å². The molecule has 0 aliphatic heterocycles. The third kappa shape index (κ3) is 3.24. The minimum Gasteiger partial charge on any atom is -0.497 e. The molecule has 0 saturated heterocycles. The van der Waals surface area contributed by atoms with Gasteiger partial charge >= 0.3 is 5.97 Å². The van der Waals surface area contributed by atoms with Crippen LogP contribution in [0.25, 0.3) is 6.08 Å². The number of ether oxygens (including phenoxy) is 1. The molecule has 0 aliphatic rings. The minimum absolute atomic E-state index is 0.158. The Balaban J connectivity index is 3.03. The quantitative estimate of drug-likeness (QED) is 0.771. The largest absolute Gasteiger partial charge is 0.497 e. The van der Waals surface area contributed by atoms with E-state index in [1.807, 2.05) is 0 Å². The summed E-state index contributed by atoms with van der Waals surface area (Å²) in [5.74, 6) is -0.533. The summed E-state index contributed by atoms with van der Waals surface area (Å²) in [5, 5.41) is 8.86. The van der Waals surface area contributed by atoms with Gasteiger partial charge in [-0.05, 0) is 23.8 Å². The lowest BCUT2D eigenvalue weighted by Gasteiger charge is -2.03. The second-order valence-electron chi connectivity index (χ2n) is 3.10. The fourth-order valence-corrected chi connectivity index (χ4v) is 1.22. The molecule has 0 unspecified atom stereocenters. The Bertz CT molecular complexity index is 421. The summed E-state index contributed by atoms with van der Waals surface area (Å²) < 4.78 is 4.99. The molecule has 84 valence electrons. The molecule has 0 spiro atoms. The standard InChI is InChI=1S/C12H12O4/c1-16-11-7-9(4-2-3-5-13)6-10(8-11)12(14)15/h2,4-8H,3H2,1H3,(H,14,15). The van der Waals surface area contributed by atoms with E-state index < -0.39 is 5.97 Å². The Labute approximate surface area is 93.2 Å². The first-order valence-electron chi connectivity index (χ1n) is 4.70. The zero-order valence-electron chi connectivity index (χ0n) is 8.84. The Hall–Kier alpha value is -2.10. The van der Waals surface area contributed by atoms with E-state index in [1.165, 1.54) is 19.2 Å². The van der Waals surface area contributed by atoms with Crippen molar-refractivity contribution in [1.82, 2.24) is 0 Å².